The first-order valence-corrected chi connectivity index (χ1v) is 21.1. The Morgan fingerprint density at radius 1 is 0.694 bits per heavy atom. The van der Waals surface area contributed by atoms with Crippen LogP contribution < -0.4 is 16.1 Å². The number of H-pyrrole nitrogens is 2. The Morgan fingerprint density at radius 2 is 1.19 bits per heavy atom. The second-order valence-corrected chi connectivity index (χ2v) is 17.0. The Hall–Kier alpha value is -7.03. The number of hydrogen-bond acceptors (Lipinski definition) is 9. The van der Waals surface area contributed by atoms with Crippen molar-refractivity contribution in [3.8, 4) is 44.0 Å². The summed E-state index contributed by atoms with van der Waals surface area (Å²) in [6.07, 6.45) is 9.72. The highest BCUT2D eigenvalue weighted by molar-refractivity contribution is 7.15. The number of aryl methyl sites for hydroxylation is 2. The summed E-state index contributed by atoms with van der Waals surface area (Å²) in [4.78, 5) is 60.3. The standard InChI is InChI=1S/C25H22N2O5S.C23H17ClN2O2S/c1-15-6-9-23(33-15)20-13-27(25(31)26-20)19-5-3-4-17(12-19)21(29)8-7-16-10-18(14-28)24(30)22(11-16)32-2;1-15-5-12-22(29-15)20-14-26(23(28)25-20)19-4-2-3-17(13-19)21(27)11-8-16-6-9-18(24)10-7-16/h3-13,28,30H,14H2,1-2H3,(H,26,31);2-14H,1H3,(H,25,28)/b8-7+;11-8+. The Bertz CT molecular complexity index is 3060. The number of imidazole rings is 2. The molecular formula is C48H39ClN4O7S2. The molecule has 4 N–H and O–H groups in total. The highest BCUT2D eigenvalue weighted by Crippen LogP contribution is 2.32. The fraction of sp³-hybridized carbons (Fsp3) is 0.0833. The summed E-state index contributed by atoms with van der Waals surface area (Å²) in [6.45, 7) is 3.67. The number of aliphatic hydroxyl groups excluding tert-OH is 1. The second-order valence-electron chi connectivity index (χ2n) is 13.9. The van der Waals surface area contributed by atoms with E-state index in [1.165, 1.54) is 33.3 Å². The first-order chi connectivity index (χ1) is 29.9. The van der Waals surface area contributed by atoms with Gasteiger partial charge in [0, 0.05) is 43.9 Å². The lowest BCUT2D eigenvalue weighted by molar-refractivity contribution is 0.103. The summed E-state index contributed by atoms with van der Waals surface area (Å²) in [5.74, 6) is -0.323. The molecule has 4 aromatic carbocycles. The number of halogens is 1. The van der Waals surface area contributed by atoms with Gasteiger partial charge in [-0.05, 0) is 110 Å². The average molecular weight is 883 g/mol. The van der Waals surface area contributed by atoms with Crippen molar-refractivity contribution in [2.75, 3.05) is 7.11 Å². The number of allylic oxidation sites excluding steroid dienone is 2. The van der Waals surface area contributed by atoms with Gasteiger partial charge < -0.3 is 24.9 Å². The minimum absolute atomic E-state index is 0.134. The molecule has 0 radical (unpaired) electrons. The third kappa shape index (κ3) is 10.1. The summed E-state index contributed by atoms with van der Waals surface area (Å²) >= 11 is 9.09. The summed E-state index contributed by atoms with van der Waals surface area (Å²) in [5.41, 5.74) is 4.85. The van der Waals surface area contributed by atoms with Crippen molar-refractivity contribution in [2.24, 2.45) is 0 Å². The molecule has 0 amide bonds. The van der Waals surface area contributed by atoms with E-state index >= 15 is 0 Å². The van der Waals surface area contributed by atoms with E-state index in [0.29, 0.717) is 38.7 Å². The predicted molar refractivity (Wildman–Crippen MR) is 248 cm³/mol. The monoisotopic (exact) mass is 882 g/mol. The average Bonchev–Trinajstić information content (AvgIpc) is 4.10. The number of aromatic nitrogens is 4. The first kappa shape index (κ1) is 43.1. The van der Waals surface area contributed by atoms with Crippen molar-refractivity contribution in [1.29, 1.82) is 0 Å². The van der Waals surface area contributed by atoms with Crippen LogP contribution >= 0.6 is 34.3 Å². The number of carbonyl (C=O) groups is 2. The topological polar surface area (TPSA) is 159 Å². The van der Waals surface area contributed by atoms with Crippen molar-refractivity contribution in [3.05, 3.63) is 197 Å². The molecule has 0 bridgehead atoms. The fourth-order valence-electron chi connectivity index (χ4n) is 6.37. The zero-order valence-electron chi connectivity index (χ0n) is 33.6. The van der Waals surface area contributed by atoms with Gasteiger partial charge in [-0.2, -0.15) is 0 Å². The number of nitrogens with one attached hydrogen (secondary N) is 2. The number of aromatic amines is 2. The molecule has 0 saturated heterocycles. The molecule has 4 heterocycles. The van der Waals surface area contributed by atoms with Crippen LogP contribution in [-0.2, 0) is 6.61 Å². The maximum atomic E-state index is 12.8. The number of phenols is 1. The van der Waals surface area contributed by atoms with Gasteiger partial charge in [-0.1, -0.05) is 60.2 Å². The number of ether oxygens (including phenoxy) is 1. The number of methoxy groups -OCH3 is 1. The van der Waals surface area contributed by atoms with Crippen LogP contribution in [0.3, 0.4) is 0 Å². The summed E-state index contributed by atoms with van der Waals surface area (Å²) in [6, 6.07) is 32.2. The normalized spacial score (nSPS) is 11.2. The van der Waals surface area contributed by atoms with E-state index in [1.807, 2.05) is 50.2 Å². The van der Waals surface area contributed by atoms with Crippen molar-refractivity contribution < 1.29 is 24.5 Å². The number of aromatic hydroxyl groups is 1. The molecule has 0 aliphatic heterocycles. The highest BCUT2D eigenvalue weighted by Gasteiger charge is 2.14. The fourth-order valence-corrected chi connectivity index (χ4v) is 8.16. The van der Waals surface area contributed by atoms with Crippen LogP contribution in [0.15, 0.2) is 143 Å². The highest BCUT2D eigenvalue weighted by atomic mass is 35.5. The van der Waals surface area contributed by atoms with Crippen LogP contribution in [-0.4, -0.2) is 48.0 Å². The van der Waals surface area contributed by atoms with Gasteiger partial charge in [0.2, 0.25) is 0 Å². The molecule has 0 atom stereocenters. The summed E-state index contributed by atoms with van der Waals surface area (Å²) in [5, 5.41) is 20.1. The molecule has 62 heavy (non-hydrogen) atoms. The van der Waals surface area contributed by atoms with Crippen molar-refractivity contribution in [3.63, 3.8) is 0 Å². The molecule has 4 aromatic heterocycles. The molecule has 0 fully saturated rings. The number of thiophene rings is 2. The molecule has 8 rings (SSSR count). The SMILES string of the molecule is COc1cc(/C=C/C(=O)c2cccc(-n3cc(-c4ccc(C)s4)[nH]c3=O)c2)cc(CO)c1O.Cc1ccc(-c2cn(-c3cccc(C(=O)/C=C/c4ccc(Cl)cc4)c3)c(=O)[nH]2)s1. The van der Waals surface area contributed by atoms with Crippen molar-refractivity contribution >= 4 is 58.0 Å². The van der Waals surface area contributed by atoms with Gasteiger partial charge in [0.15, 0.2) is 23.1 Å². The molecule has 0 unspecified atom stereocenters. The molecule has 0 saturated carbocycles. The number of benzene rings is 4. The quantitative estimate of drug-likeness (QED) is 0.0702. The van der Waals surface area contributed by atoms with Gasteiger partial charge in [0.05, 0.1) is 46.2 Å². The molecule has 0 aliphatic rings. The lowest BCUT2D eigenvalue weighted by Gasteiger charge is -2.08. The maximum Gasteiger partial charge on any atom is 0.330 e. The van der Waals surface area contributed by atoms with Crippen molar-refractivity contribution in [2.45, 2.75) is 20.5 Å². The lowest BCUT2D eigenvalue weighted by Crippen LogP contribution is -2.14. The Labute approximate surface area is 368 Å². The smallest absolute Gasteiger partial charge is 0.330 e. The van der Waals surface area contributed by atoms with Gasteiger partial charge >= 0.3 is 11.4 Å². The van der Waals surface area contributed by atoms with Gasteiger partial charge in [-0.3, -0.25) is 18.7 Å². The largest absolute Gasteiger partial charge is 0.504 e. The number of nitrogens with zero attached hydrogens (tertiary/aromatic N) is 2. The summed E-state index contributed by atoms with van der Waals surface area (Å²) in [7, 11) is 1.41. The van der Waals surface area contributed by atoms with Crippen LogP contribution in [0.1, 0.15) is 47.2 Å². The van der Waals surface area contributed by atoms with Crippen LogP contribution in [0.2, 0.25) is 5.02 Å². The molecule has 8 aromatic rings. The Morgan fingerprint density at radius 3 is 1.65 bits per heavy atom. The molecule has 14 heteroatoms. The van der Waals surface area contributed by atoms with Gasteiger partial charge in [-0.15, -0.1) is 22.7 Å². The number of rotatable bonds is 12. The molecule has 312 valence electrons. The van der Waals surface area contributed by atoms with E-state index in [2.05, 4.69) is 9.97 Å². The van der Waals surface area contributed by atoms with Gasteiger partial charge in [-0.25, -0.2) is 9.59 Å². The van der Waals surface area contributed by atoms with Gasteiger partial charge in [0.1, 0.15) is 0 Å². The van der Waals surface area contributed by atoms with E-state index in [1.54, 1.807) is 120 Å². The predicted octanol–water partition coefficient (Wildman–Crippen LogP) is 10.1. The van der Waals surface area contributed by atoms with Crippen LogP contribution in [0, 0.1) is 13.8 Å². The third-order valence-corrected chi connectivity index (χ3v) is 11.9. The first-order valence-electron chi connectivity index (χ1n) is 19.1. The van der Waals surface area contributed by atoms with E-state index in [9.17, 15) is 29.4 Å². The lowest BCUT2D eigenvalue weighted by atomic mass is 10.1. The number of aliphatic hydroxyl groups is 1. The zero-order chi connectivity index (χ0) is 43.9. The molecular weight excluding hydrogens is 844 g/mol. The van der Waals surface area contributed by atoms with E-state index in [4.69, 9.17) is 16.3 Å². The minimum atomic E-state index is -0.363. The molecule has 0 aliphatic carbocycles. The Kier molecular flexibility index (Phi) is 13.3. The van der Waals surface area contributed by atoms with Crippen LogP contribution in [0.5, 0.6) is 11.5 Å². The maximum absolute atomic E-state index is 12.8. The van der Waals surface area contributed by atoms with Crippen LogP contribution in [0.25, 0.3) is 44.7 Å². The zero-order valence-corrected chi connectivity index (χ0v) is 36.0. The van der Waals surface area contributed by atoms with E-state index < -0.39 is 0 Å². The summed E-state index contributed by atoms with van der Waals surface area (Å²) < 4.78 is 8.11. The van der Waals surface area contributed by atoms with E-state index in [-0.39, 0.29) is 41.1 Å². The molecule has 0 spiro atoms. The molecule has 11 nitrogen and oxygen atoms in total. The minimum Gasteiger partial charge on any atom is -0.504 e. The van der Waals surface area contributed by atoms with E-state index in [0.717, 1.165) is 31.6 Å². The Balaban J connectivity index is 0.000000188. The third-order valence-electron chi connectivity index (χ3n) is 9.56. The number of carbonyl (C=O) groups excluding carboxylic acids is 2. The number of hydrogen-bond donors (Lipinski definition) is 4. The second kappa shape index (κ2) is 19.1. The van der Waals surface area contributed by atoms with Crippen LogP contribution in [0.4, 0.5) is 0 Å². The van der Waals surface area contributed by atoms with Gasteiger partial charge in [0.25, 0.3) is 0 Å². The number of ketones is 2. The van der Waals surface area contributed by atoms with Crippen molar-refractivity contribution in [1.82, 2.24) is 19.1 Å².